The fraction of sp³-hybridized carbons (Fsp3) is 0.750. The lowest BCUT2D eigenvalue weighted by molar-refractivity contribution is 0.481. The SMILES string of the molecule is CCNCc1cn[nH]c1S(=O)(=O)NC(C)CC(C)C. The second kappa shape index (κ2) is 7.02. The average molecular weight is 288 g/mol. The van der Waals surface area contributed by atoms with Crippen molar-refractivity contribution in [3.8, 4) is 0 Å². The van der Waals surface area contributed by atoms with Gasteiger partial charge < -0.3 is 5.32 Å². The minimum atomic E-state index is -3.53. The Balaban J connectivity index is 2.79. The molecule has 0 amide bonds. The Morgan fingerprint density at radius 3 is 2.63 bits per heavy atom. The molecule has 7 heteroatoms. The lowest BCUT2D eigenvalue weighted by atomic mass is 10.1. The van der Waals surface area contributed by atoms with E-state index in [2.05, 4.69) is 34.1 Å². The van der Waals surface area contributed by atoms with E-state index in [0.717, 1.165) is 13.0 Å². The van der Waals surface area contributed by atoms with Crippen molar-refractivity contribution >= 4 is 10.0 Å². The molecule has 19 heavy (non-hydrogen) atoms. The van der Waals surface area contributed by atoms with Crippen LogP contribution in [0.5, 0.6) is 0 Å². The molecule has 0 aliphatic carbocycles. The van der Waals surface area contributed by atoms with Crippen LogP contribution in [0.15, 0.2) is 11.2 Å². The van der Waals surface area contributed by atoms with Crippen molar-refractivity contribution in [2.45, 2.75) is 51.7 Å². The molecule has 0 fully saturated rings. The number of aromatic nitrogens is 2. The van der Waals surface area contributed by atoms with E-state index in [1.54, 1.807) is 6.20 Å². The smallest absolute Gasteiger partial charge is 0.258 e. The number of rotatable bonds is 8. The molecule has 110 valence electrons. The standard InChI is InChI=1S/C12H24N4O2S/c1-5-13-7-11-8-14-15-12(11)19(17,18)16-10(4)6-9(2)3/h8-10,13,16H,5-7H2,1-4H3,(H,14,15). The number of nitrogens with one attached hydrogen (secondary N) is 3. The molecule has 6 nitrogen and oxygen atoms in total. The molecular formula is C12H24N4O2S. The van der Waals surface area contributed by atoms with Crippen LogP contribution in [-0.2, 0) is 16.6 Å². The van der Waals surface area contributed by atoms with Gasteiger partial charge in [0.15, 0.2) is 5.03 Å². The van der Waals surface area contributed by atoms with Gasteiger partial charge in [0.1, 0.15) is 0 Å². The van der Waals surface area contributed by atoms with Crippen LogP contribution in [0.4, 0.5) is 0 Å². The van der Waals surface area contributed by atoms with Crippen LogP contribution in [0.3, 0.4) is 0 Å². The predicted octanol–water partition coefficient (Wildman–Crippen LogP) is 1.23. The first-order chi connectivity index (χ1) is 8.86. The summed E-state index contributed by atoms with van der Waals surface area (Å²) in [6.45, 7) is 9.24. The maximum absolute atomic E-state index is 12.3. The first-order valence-electron chi connectivity index (χ1n) is 6.62. The topological polar surface area (TPSA) is 86.9 Å². The summed E-state index contributed by atoms with van der Waals surface area (Å²) in [5, 5.41) is 9.65. The molecule has 0 bridgehead atoms. The third-order valence-electron chi connectivity index (χ3n) is 2.69. The Bertz CT molecular complexity index is 482. The summed E-state index contributed by atoms with van der Waals surface area (Å²) in [4.78, 5) is 0. The van der Waals surface area contributed by atoms with E-state index < -0.39 is 10.0 Å². The molecule has 1 unspecified atom stereocenters. The zero-order chi connectivity index (χ0) is 14.5. The van der Waals surface area contributed by atoms with Gasteiger partial charge in [-0.1, -0.05) is 20.8 Å². The summed E-state index contributed by atoms with van der Waals surface area (Å²) < 4.78 is 27.2. The van der Waals surface area contributed by atoms with Gasteiger partial charge in [-0.25, -0.2) is 13.1 Å². The molecule has 1 atom stereocenters. The predicted molar refractivity (Wildman–Crippen MR) is 75.2 cm³/mol. The summed E-state index contributed by atoms with van der Waals surface area (Å²) in [5.74, 6) is 0.445. The van der Waals surface area contributed by atoms with Crippen LogP contribution < -0.4 is 10.0 Å². The lowest BCUT2D eigenvalue weighted by Gasteiger charge is -2.16. The van der Waals surface area contributed by atoms with Crippen molar-refractivity contribution in [3.05, 3.63) is 11.8 Å². The molecule has 1 heterocycles. The summed E-state index contributed by atoms with van der Waals surface area (Å²) in [6, 6.07) is -0.0970. The van der Waals surface area contributed by atoms with E-state index >= 15 is 0 Å². The average Bonchev–Trinajstić information content (AvgIpc) is 2.72. The van der Waals surface area contributed by atoms with Crippen LogP contribution in [-0.4, -0.2) is 31.2 Å². The number of sulfonamides is 1. The number of H-pyrrole nitrogens is 1. The molecule has 0 aliphatic heterocycles. The third-order valence-corrected chi connectivity index (χ3v) is 4.30. The van der Waals surface area contributed by atoms with E-state index in [0.29, 0.717) is 18.0 Å². The molecule has 0 spiro atoms. The molecule has 1 aromatic rings. The summed E-state index contributed by atoms with van der Waals surface area (Å²) in [7, 11) is -3.53. The van der Waals surface area contributed by atoms with Gasteiger partial charge in [0.25, 0.3) is 10.0 Å². The van der Waals surface area contributed by atoms with Crippen molar-refractivity contribution in [2.75, 3.05) is 6.54 Å². The molecule has 3 N–H and O–H groups in total. The van der Waals surface area contributed by atoms with E-state index in [4.69, 9.17) is 0 Å². The molecule has 0 radical (unpaired) electrons. The number of aromatic amines is 1. The van der Waals surface area contributed by atoms with Crippen LogP contribution in [0.2, 0.25) is 0 Å². The number of hydrogen-bond donors (Lipinski definition) is 3. The second-order valence-corrected chi connectivity index (χ2v) is 6.81. The van der Waals surface area contributed by atoms with Gasteiger partial charge in [-0.2, -0.15) is 5.10 Å². The van der Waals surface area contributed by atoms with Crippen LogP contribution >= 0.6 is 0 Å². The van der Waals surface area contributed by atoms with Crippen molar-refractivity contribution in [1.82, 2.24) is 20.2 Å². The molecular weight excluding hydrogens is 264 g/mol. The van der Waals surface area contributed by atoms with Crippen molar-refractivity contribution in [3.63, 3.8) is 0 Å². The van der Waals surface area contributed by atoms with Gasteiger partial charge in [-0.05, 0) is 25.8 Å². The first-order valence-corrected chi connectivity index (χ1v) is 8.10. The van der Waals surface area contributed by atoms with E-state index in [1.165, 1.54) is 0 Å². The number of nitrogens with zero attached hydrogens (tertiary/aromatic N) is 1. The minimum absolute atomic E-state index is 0.0970. The van der Waals surface area contributed by atoms with Gasteiger partial charge in [-0.15, -0.1) is 0 Å². The fourth-order valence-electron chi connectivity index (χ4n) is 2.00. The molecule has 0 aromatic carbocycles. The van der Waals surface area contributed by atoms with Gasteiger partial charge in [0.2, 0.25) is 0 Å². The fourth-order valence-corrected chi connectivity index (χ4v) is 3.38. The van der Waals surface area contributed by atoms with Crippen LogP contribution in [0.25, 0.3) is 0 Å². The Hall–Kier alpha value is -0.920. The van der Waals surface area contributed by atoms with Crippen molar-refractivity contribution in [1.29, 1.82) is 0 Å². The maximum atomic E-state index is 12.3. The Morgan fingerprint density at radius 2 is 2.05 bits per heavy atom. The van der Waals surface area contributed by atoms with Crippen LogP contribution in [0.1, 0.15) is 39.7 Å². The maximum Gasteiger partial charge on any atom is 0.258 e. The third kappa shape index (κ3) is 4.93. The molecule has 0 saturated heterocycles. The highest BCUT2D eigenvalue weighted by Crippen LogP contribution is 2.13. The molecule has 1 rings (SSSR count). The summed E-state index contributed by atoms with van der Waals surface area (Å²) in [6.07, 6.45) is 2.35. The number of hydrogen-bond acceptors (Lipinski definition) is 4. The highest BCUT2D eigenvalue weighted by Gasteiger charge is 2.22. The monoisotopic (exact) mass is 288 g/mol. The Morgan fingerprint density at radius 1 is 1.37 bits per heavy atom. The summed E-state index contributed by atoms with van der Waals surface area (Å²) >= 11 is 0. The Labute approximate surface area is 115 Å². The van der Waals surface area contributed by atoms with E-state index in [1.807, 2.05) is 13.8 Å². The molecule has 0 aliphatic rings. The largest absolute Gasteiger partial charge is 0.313 e. The second-order valence-electron chi connectivity index (χ2n) is 5.16. The van der Waals surface area contributed by atoms with E-state index in [-0.39, 0.29) is 11.1 Å². The van der Waals surface area contributed by atoms with Crippen molar-refractivity contribution < 1.29 is 8.42 Å². The summed E-state index contributed by atoms with van der Waals surface area (Å²) in [5.41, 5.74) is 0.658. The zero-order valence-electron chi connectivity index (χ0n) is 12.0. The first kappa shape index (κ1) is 16.1. The van der Waals surface area contributed by atoms with Gasteiger partial charge in [0, 0.05) is 18.2 Å². The van der Waals surface area contributed by atoms with Gasteiger partial charge in [0.05, 0.1) is 6.20 Å². The van der Waals surface area contributed by atoms with Gasteiger partial charge >= 0.3 is 0 Å². The van der Waals surface area contributed by atoms with E-state index in [9.17, 15) is 8.42 Å². The van der Waals surface area contributed by atoms with Crippen molar-refractivity contribution in [2.24, 2.45) is 5.92 Å². The highest BCUT2D eigenvalue weighted by molar-refractivity contribution is 7.89. The zero-order valence-corrected chi connectivity index (χ0v) is 12.8. The molecule has 1 aromatic heterocycles. The highest BCUT2D eigenvalue weighted by atomic mass is 32.2. The molecule has 0 saturated carbocycles. The van der Waals surface area contributed by atoms with Gasteiger partial charge in [-0.3, -0.25) is 5.10 Å². The van der Waals surface area contributed by atoms with Crippen LogP contribution in [0, 0.1) is 5.92 Å². The quantitative estimate of drug-likeness (QED) is 0.671. The normalized spacial score (nSPS) is 13.9. The minimum Gasteiger partial charge on any atom is -0.313 e. The lowest BCUT2D eigenvalue weighted by Crippen LogP contribution is -2.34. The Kier molecular flexibility index (Phi) is 5.96.